The van der Waals surface area contributed by atoms with Gasteiger partial charge in [0.1, 0.15) is 11.4 Å². The maximum atomic E-state index is 13.3. The summed E-state index contributed by atoms with van der Waals surface area (Å²) in [6, 6.07) is 14.5. The average molecular weight is 327 g/mol. The molecule has 2 nitrogen and oxygen atoms in total. The quantitative estimate of drug-likeness (QED) is 0.752. The van der Waals surface area contributed by atoms with Crippen LogP contribution in [-0.2, 0) is 16.9 Å². The number of hydrogen-bond acceptors (Lipinski definition) is 3. The molecule has 0 aromatic heterocycles. The van der Waals surface area contributed by atoms with E-state index in [1.807, 2.05) is 42.1 Å². The molecular weight excluding hydrogens is 309 g/mol. The molecule has 0 N–H and O–H groups in total. The molecule has 118 valence electrons. The van der Waals surface area contributed by atoms with Crippen molar-refractivity contribution in [1.29, 1.82) is 5.26 Å². The maximum Gasteiger partial charge on any atom is 0.123 e. The summed E-state index contributed by atoms with van der Waals surface area (Å²) in [6.45, 7) is 0.488. The van der Waals surface area contributed by atoms with Crippen LogP contribution < -0.4 is 0 Å². The van der Waals surface area contributed by atoms with Gasteiger partial charge in [-0.2, -0.15) is 17.0 Å². The van der Waals surface area contributed by atoms with Crippen LogP contribution in [0, 0.1) is 17.1 Å². The van der Waals surface area contributed by atoms with Gasteiger partial charge in [-0.3, -0.25) is 0 Å². The molecule has 0 amide bonds. The molecule has 0 saturated carbocycles. The second kappa shape index (κ2) is 6.74. The molecule has 0 spiro atoms. The third-order valence-electron chi connectivity index (χ3n) is 4.33. The fraction of sp³-hybridized carbons (Fsp3) is 0.316. The molecule has 0 fully saturated rings. The predicted molar refractivity (Wildman–Crippen MR) is 90.7 cm³/mol. The van der Waals surface area contributed by atoms with Gasteiger partial charge in [0.2, 0.25) is 0 Å². The van der Waals surface area contributed by atoms with E-state index in [9.17, 15) is 4.39 Å². The number of nitriles is 1. The van der Waals surface area contributed by atoms with Gasteiger partial charge in [-0.25, -0.2) is 4.39 Å². The SMILES string of the molecule is CSCCC[C@@]1(c2ccc(F)cc2)OCc2cc(C#N)ccc21. The number of rotatable bonds is 5. The van der Waals surface area contributed by atoms with Crippen LogP contribution in [-0.4, -0.2) is 12.0 Å². The Labute approximate surface area is 140 Å². The molecule has 0 bridgehead atoms. The summed E-state index contributed by atoms with van der Waals surface area (Å²) in [5, 5.41) is 9.08. The number of thioether (sulfide) groups is 1. The third kappa shape index (κ3) is 2.99. The van der Waals surface area contributed by atoms with E-state index in [2.05, 4.69) is 12.3 Å². The summed E-state index contributed by atoms with van der Waals surface area (Å²) in [6.07, 6.45) is 3.95. The van der Waals surface area contributed by atoms with E-state index in [1.165, 1.54) is 12.1 Å². The van der Waals surface area contributed by atoms with Crippen molar-refractivity contribution in [2.75, 3.05) is 12.0 Å². The lowest BCUT2D eigenvalue weighted by atomic mass is 9.82. The summed E-state index contributed by atoms with van der Waals surface area (Å²) in [5.41, 5.74) is 3.24. The second-order valence-electron chi connectivity index (χ2n) is 5.70. The summed E-state index contributed by atoms with van der Waals surface area (Å²) in [5.74, 6) is 0.809. The number of ether oxygens (including phenoxy) is 1. The van der Waals surface area contributed by atoms with Crippen molar-refractivity contribution >= 4 is 11.8 Å². The molecule has 1 atom stereocenters. The third-order valence-corrected chi connectivity index (χ3v) is 5.03. The lowest BCUT2D eigenvalue weighted by molar-refractivity contribution is -0.0119. The molecule has 2 aromatic carbocycles. The fourth-order valence-corrected chi connectivity index (χ4v) is 3.66. The minimum absolute atomic E-state index is 0.244. The molecule has 1 aliphatic heterocycles. The smallest absolute Gasteiger partial charge is 0.123 e. The Morgan fingerprint density at radius 2 is 2.04 bits per heavy atom. The lowest BCUT2D eigenvalue weighted by Crippen LogP contribution is -2.27. The Morgan fingerprint density at radius 3 is 2.74 bits per heavy atom. The second-order valence-corrected chi connectivity index (χ2v) is 6.69. The average Bonchev–Trinajstić information content (AvgIpc) is 2.95. The summed E-state index contributed by atoms with van der Waals surface area (Å²) in [7, 11) is 0. The molecule has 0 aliphatic carbocycles. The molecule has 0 saturated heterocycles. The maximum absolute atomic E-state index is 13.3. The zero-order valence-corrected chi connectivity index (χ0v) is 13.8. The molecule has 3 rings (SSSR count). The summed E-state index contributed by atoms with van der Waals surface area (Å²) < 4.78 is 19.6. The topological polar surface area (TPSA) is 33.0 Å². The minimum Gasteiger partial charge on any atom is -0.361 e. The molecular formula is C19H18FNOS. The first-order valence-electron chi connectivity index (χ1n) is 7.62. The Morgan fingerprint density at radius 1 is 1.26 bits per heavy atom. The Hall–Kier alpha value is -1.83. The summed E-state index contributed by atoms with van der Waals surface area (Å²) >= 11 is 1.81. The first-order valence-corrected chi connectivity index (χ1v) is 9.01. The van der Waals surface area contributed by atoms with Gasteiger partial charge < -0.3 is 4.74 Å². The Balaban J connectivity index is 2.05. The van der Waals surface area contributed by atoms with Gasteiger partial charge in [0.15, 0.2) is 0 Å². The van der Waals surface area contributed by atoms with E-state index in [0.717, 1.165) is 35.3 Å². The summed E-state index contributed by atoms with van der Waals surface area (Å²) in [4.78, 5) is 0. The van der Waals surface area contributed by atoms with Crippen molar-refractivity contribution in [3.05, 3.63) is 70.5 Å². The van der Waals surface area contributed by atoms with Crippen molar-refractivity contribution in [3.8, 4) is 6.07 Å². The first kappa shape index (κ1) is 16.0. The van der Waals surface area contributed by atoms with Gasteiger partial charge in [-0.05, 0) is 65.8 Å². The van der Waals surface area contributed by atoms with Gasteiger partial charge in [0.25, 0.3) is 0 Å². The van der Waals surface area contributed by atoms with Gasteiger partial charge in [0.05, 0.1) is 18.2 Å². The number of nitrogens with zero attached hydrogens (tertiary/aromatic N) is 1. The van der Waals surface area contributed by atoms with Crippen LogP contribution in [0.3, 0.4) is 0 Å². The molecule has 2 aromatic rings. The van der Waals surface area contributed by atoms with Gasteiger partial charge in [-0.1, -0.05) is 18.2 Å². The van der Waals surface area contributed by atoms with Crippen molar-refractivity contribution in [1.82, 2.24) is 0 Å². The van der Waals surface area contributed by atoms with Crippen LogP contribution in [0.4, 0.5) is 4.39 Å². The minimum atomic E-state index is -0.535. The largest absolute Gasteiger partial charge is 0.361 e. The molecule has 0 radical (unpaired) electrons. The highest BCUT2D eigenvalue weighted by molar-refractivity contribution is 7.98. The van der Waals surface area contributed by atoms with Crippen LogP contribution in [0.15, 0.2) is 42.5 Å². The van der Waals surface area contributed by atoms with Crippen LogP contribution in [0.1, 0.15) is 35.1 Å². The molecule has 4 heteroatoms. The number of hydrogen-bond donors (Lipinski definition) is 0. The highest BCUT2D eigenvalue weighted by Crippen LogP contribution is 2.45. The van der Waals surface area contributed by atoms with E-state index in [1.54, 1.807) is 0 Å². The van der Waals surface area contributed by atoms with E-state index >= 15 is 0 Å². The van der Waals surface area contributed by atoms with Crippen LogP contribution in [0.5, 0.6) is 0 Å². The van der Waals surface area contributed by atoms with E-state index in [4.69, 9.17) is 10.00 Å². The number of halogens is 1. The molecule has 0 unspecified atom stereocenters. The molecule has 1 heterocycles. The van der Waals surface area contributed by atoms with E-state index < -0.39 is 5.60 Å². The fourth-order valence-electron chi connectivity index (χ4n) is 3.23. The lowest BCUT2D eigenvalue weighted by Gasteiger charge is -2.30. The first-order chi connectivity index (χ1) is 11.2. The monoisotopic (exact) mass is 327 g/mol. The van der Waals surface area contributed by atoms with Crippen LogP contribution in [0.2, 0.25) is 0 Å². The van der Waals surface area contributed by atoms with Crippen molar-refractivity contribution in [2.45, 2.75) is 25.0 Å². The zero-order chi connectivity index (χ0) is 16.3. The van der Waals surface area contributed by atoms with Gasteiger partial charge in [0, 0.05) is 0 Å². The van der Waals surface area contributed by atoms with Crippen molar-refractivity contribution in [2.24, 2.45) is 0 Å². The van der Waals surface area contributed by atoms with Crippen LogP contribution in [0.25, 0.3) is 0 Å². The van der Waals surface area contributed by atoms with E-state index in [-0.39, 0.29) is 5.82 Å². The predicted octanol–water partition coefficient (Wildman–Crippen LogP) is 4.61. The van der Waals surface area contributed by atoms with Crippen LogP contribution >= 0.6 is 11.8 Å². The number of benzene rings is 2. The van der Waals surface area contributed by atoms with Crippen molar-refractivity contribution < 1.29 is 9.13 Å². The molecule has 1 aliphatic rings. The van der Waals surface area contributed by atoms with Gasteiger partial charge >= 0.3 is 0 Å². The van der Waals surface area contributed by atoms with Gasteiger partial charge in [-0.15, -0.1) is 0 Å². The highest BCUT2D eigenvalue weighted by Gasteiger charge is 2.41. The Kier molecular flexibility index (Phi) is 4.70. The standard InChI is InChI=1S/C19H18FNOS/c1-23-10-2-9-19(16-4-6-17(20)7-5-16)18-8-3-14(12-21)11-15(18)13-22-19/h3-8,11H,2,9-10,13H2,1H3/t19-/m0/s1. The normalized spacial score (nSPS) is 19.3. The Bertz CT molecular complexity index is 738. The molecule has 23 heavy (non-hydrogen) atoms. The highest BCUT2D eigenvalue weighted by atomic mass is 32.2. The number of fused-ring (bicyclic) bond motifs is 1. The van der Waals surface area contributed by atoms with E-state index in [0.29, 0.717) is 12.2 Å². The zero-order valence-electron chi connectivity index (χ0n) is 13.0. The van der Waals surface area contributed by atoms with Crippen molar-refractivity contribution in [3.63, 3.8) is 0 Å².